The number of hydrogen-bond donors (Lipinski definition) is 1. The van der Waals surface area contributed by atoms with Crippen molar-refractivity contribution in [1.82, 2.24) is 20.4 Å². The van der Waals surface area contributed by atoms with Crippen LogP contribution in [0.25, 0.3) is 0 Å². The molecule has 1 amide bonds. The second kappa shape index (κ2) is 6.50. The summed E-state index contributed by atoms with van der Waals surface area (Å²) in [4.78, 5) is 21.7. The van der Waals surface area contributed by atoms with E-state index < -0.39 is 5.82 Å². The standard InChI is InChI=1S/C14H16FN5O2/c15-11-8-17-14(18-9-11)20-5-2-10(3-6-20)7-16-13(21)12-1-4-19-22-12/h1,4,8-10H,2-3,5-7H2,(H,16,21). The lowest BCUT2D eigenvalue weighted by Crippen LogP contribution is -2.39. The van der Waals surface area contributed by atoms with Crippen LogP contribution in [0.2, 0.25) is 0 Å². The molecule has 22 heavy (non-hydrogen) atoms. The van der Waals surface area contributed by atoms with E-state index in [1.807, 2.05) is 4.90 Å². The first-order valence-corrected chi connectivity index (χ1v) is 7.14. The highest BCUT2D eigenvalue weighted by atomic mass is 19.1. The number of nitrogens with zero attached hydrogens (tertiary/aromatic N) is 4. The van der Waals surface area contributed by atoms with Gasteiger partial charge in [0.1, 0.15) is 0 Å². The van der Waals surface area contributed by atoms with Crippen molar-refractivity contribution in [1.29, 1.82) is 0 Å². The van der Waals surface area contributed by atoms with E-state index in [0.717, 1.165) is 25.9 Å². The summed E-state index contributed by atoms with van der Waals surface area (Å²) in [6.45, 7) is 2.17. The molecule has 3 heterocycles. The number of rotatable bonds is 4. The van der Waals surface area contributed by atoms with Crippen LogP contribution >= 0.6 is 0 Å². The van der Waals surface area contributed by atoms with Crippen molar-refractivity contribution in [2.45, 2.75) is 12.8 Å². The quantitative estimate of drug-likeness (QED) is 0.915. The summed E-state index contributed by atoms with van der Waals surface area (Å²) < 4.78 is 17.6. The molecule has 0 spiro atoms. The van der Waals surface area contributed by atoms with Crippen LogP contribution in [0.1, 0.15) is 23.4 Å². The number of halogens is 1. The van der Waals surface area contributed by atoms with Gasteiger partial charge in [0.25, 0.3) is 5.91 Å². The molecular formula is C14H16FN5O2. The predicted molar refractivity (Wildman–Crippen MR) is 75.8 cm³/mol. The van der Waals surface area contributed by atoms with Crippen LogP contribution in [0, 0.1) is 11.7 Å². The third-order valence-electron chi connectivity index (χ3n) is 3.72. The van der Waals surface area contributed by atoms with Crippen LogP contribution in [0.4, 0.5) is 10.3 Å². The van der Waals surface area contributed by atoms with Crippen molar-refractivity contribution in [2.75, 3.05) is 24.5 Å². The third kappa shape index (κ3) is 3.38. The molecular weight excluding hydrogens is 289 g/mol. The zero-order valence-corrected chi connectivity index (χ0v) is 11.9. The van der Waals surface area contributed by atoms with Gasteiger partial charge in [0.2, 0.25) is 11.7 Å². The Kier molecular flexibility index (Phi) is 4.27. The molecule has 2 aromatic rings. The van der Waals surface area contributed by atoms with Crippen LogP contribution in [0.15, 0.2) is 29.2 Å². The molecule has 116 valence electrons. The highest BCUT2D eigenvalue weighted by Gasteiger charge is 2.22. The molecule has 7 nitrogen and oxygen atoms in total. The van der Waals surface area contributed by atoms with Gasteiger partial charge in [-0.05, 0) is 18.8 Å². The fourth-order valence-corrected chi connectivity index (χ4v) is 2.46. The second-order valence-corrected chi connectivity index (χ2v) is 5.22. The summed E-state index contributed by atoms with van der Waals surface area (Å²) in [5.41, 5.74) is 0. The molecule has 3 rings (SSSR count). The summed E-state index contributed by atoms with van der Waals surface area (Å²) in [5.74, 6) is 0.474. The van der Waals surface area contributed by atoms with Gasteiger partial charge in [-0.1, -0.05) is 5.16 Å². The van der Waals surface area contributed by atoms with E-state index in [-0.39, 0.29) is 11.7 Å². The zero-order valence-electron chi connectivity index (χ0n) is 11.9. The summed E-state index contributed by atoms with van der Waals surface area (Å²) in [5, 5.41) is 6.35. The molecule has 1 saturated heterocycles. The largest absolute Gasteiger partial charge is 0.351 e. The number of hydrogen-bond acceptors (Lipinski definition) is 6. The average Bonchev–Trinajstić information content (AvgIpc) is 3.08. The third-order valence-corrected chi connectivity index (χ3v) is 3.72. The van der Waals surface area contributed by atoms with E-state index >= 15 is 0 Å². The minimum atomic E-state index is -0.436. The molecule has 1 aliphatic heterocycles. The Morgan fingerprint density at radius 1 is 1.36 bits per heavy atom. The van der Waals surface area contributed by atoms with Crippen molar-refractivity contribution in [3.63, 3.8) is 0 Å². The minimum absolute atomic E-state index is 0.220. The molecule has 1 N–H and O–H groups in total. The second-order valence-electron chi connectivity index (χ2n) is 5.22. The number of carbonyl (C=O) groups is 1. The van der Waals surface area contributed by atoms with E-state index in [2.05, 4.69) is 20.4 Å². The van der Waals surface area contributed by atoms with E-state index in [1.165, 1.54) is 24.7 Å². The Balaban J connectivity index is 1.45. The fraction of sp³-hybridized carbons (Fsp3) is 0.429. The molecule has 1 fully saturated rings. The number of amides is 1. The van der Waals surface area contributed by atoms with Gasteiger partial charge in [0, 0.05) is 25.7 Å². The SMILES string of the molecule is O=C(NCC1CCN(c2ncc(F)cn2)CC1)c1ccno1. The summed E-state index contributed by atoms with van der Waals surface area (Å²) in [6, 6.07) is 1.53. The first-order valence-electron chi connectivity index (χ1n) is 7.14. The van der Waals surface area contributed by atoms with E-state index in [4.69, 9.17) is 4.52 Å². The van der Waals surface area contributed by atoms with Crippen molar-refractivity contribution in [3.8, 4) is 0 Å². The molecule has 0 radical (unpaired) electrons. The van der Waals surface area contributed by atoms with Gasteiger partial charge in [-0.25, -0.2) is 14.4 Å². The Hall–Kier alpha value is -2.51. The fourth-order valence-electron chi connectivity index (χ4n) is 2.46. The van der Waals surface area contributed by atoms with Crippen molar-refractivity contribution < 1.29 is 13.7 Å². The van der Waals surface area contributed by atoms with E-state index in [1.54, 1.807) is 0 Å². The maximum Gasteiger partial charge on any atom is 0.289 e. The lowest BCUT2D eigenvalue weighted by Gasteiger charge is -2.31. The van der Waals surface area contributed by atoms with Crippen LogP contribution in [0.3, 0.4) is 0 Å². The molecule has 0 aromatic carbocycles. The normalized spacial score (nSPS) is 15.8. The lowest BCUT2D eigenvalue weighted by atomic mass is 9.97. The van der Waals surface area contributed by atoms with E-state index in [0.29, 0.717) is 18.4 Å². The first kappa shape index (κ1) is 14.4. The monoisotopic (exact) mass is 305 g/mol. The van der Waals surface area contributed by atoms with Gasteiger partial charge in [-0.2, -0.15) is 0 Å². The van der Waals surface area contributed by atoms with Crippen molar-refractivity contribution in [2.24, 2.45) is 5.92 Å². The topological polar surface area (TPSA) is 84.2 Å². The van der Waals surface area contributed by atoms with Gasteiger partial charge in [0.05, 0.1) is 18.6 Å². The van der Waals surface area contributed by atoms with Gasteiger partial charge < -0.3 is 14.7 Å². The zero-order chi connectivity index (χ0) is 15.4. The maximum atomic E-state index is 12.8. The van der Waals surface area contributed by atoms with Crippen molar-refractivity contribution >= 4 is 11.9 Å². The molecule has 0 bridgehead atoms. The summed E-state index contributed by atoms with van der Waals surface area (Å²) in [7, 11) is 0. The average molecular weight is 305 g/mol. The number of carbonyl (C=O) groups excluding carboxylic acids is 1. The predicted octanol–water partition coefficient (Wildman–Crippen LogP) is 1.25. The molecule has 8 heteroatoms. The van der Waals surface area contributed by atoms with Crippen LogP contribution in [-0.4, -0.2) is 40.7 Å². The molecule has 0 saturated carbocycles. The van der Waals surface area contributed by atoms with Gasteiger partial charge in [0.15, 0.2) is 5.82 Å². The smallest absolute Gasteiger partial charge is 0.289 e. The van der Waals surface area contributed by atoms with Gasteiger partial charge >= 0.3 is 0 Å². The number of aromatic nitrogens is 3. The molecule has 0 aliphatic carbocycles. The molecule has 2 aromatic heterocycles. The summed E-state index contributed by atoms with van der Waals surface area (Å²) in [6.07, 6.45) is 5.61. The number of piperidine rings is 1. The van der Waals surface area contributed by atoms with E-state index in [9.17, 15) is 9.18 Å². The highest BCUT2D eigenvalue weighted by molar-refractivity contribution is 5.91. The van der Waals surface area contributed by atoms with Crippen LogP contribution in [0.5, 0.6) is 0 Å². The van der Waals surface area contributed by atoms with Crippen LogP contribution < -0.4 is 10.2 Å². The Labute approximate surface area is 126 Å². The van der Waals surface area contributed by atoms with Gasteiger partial charge in [-0.3, -0.25) is 4.79 Å². The first-order chi connectivity index (χ1) is 10.7. The minimum Gasteiger partial charge on any atom is -0.351 e. The Morgan fingerprint density at radius 3 is 2.73 bits per heavy atom. The molecule has 0 unspecified atom stereocenters. The Bertz CT molecular complexity index is 609. The van der Waals surface area contributed by atoms with Crippen molar-refractivity contribution in [3.05, 3.63) is 36.2 Å². The highest BCUT2D eigenvalue weighted by Crippen LogP contribution is 2.20. The lowest BCUT2D eigenvalue weighted by molar-refractivity contribution is 0.0908. The number of anilines is 1. The maximum absolute atomic E-state index is 12.8. The summed E-state index contributed by atoms with van der Waals surface area (Å²) >= 11 is 0. The van der Waals surface area contributed by atoms with Crippen LogP contribution in [-0.2, 0) is 0 Å². The molecule has 0 atom stereocenters. The van der Waals surface area contributed by atoms with Gasteiger partial charge in [-0.15, -0.1) is 0 Å². The molecule has 1 aliphatic rings. The number of nitrogens with one attached hydrogen (secondary N) is 1. The Morgan fingerprint density at radius 2 is 2.09 bits per heavy atom.